The fourth-order valence-corrected chi connectivity index (χ4v) is 1.57. The van der Waals surface area contributed by atoms with Gasteiger partial charge in [-0.3, -0.25) is 4.79 Å². The van der Waals surface area contributed by atoms with E-state index in [2.05, 4.69) is 5.32 Å². The molecule has 0 aromatic heterocycles. The molecule has 2 N–H and O–H groups in total. The van der Waals surface area contributed by atoms with Crippen molar-refractivity contribution in [2.24, 2.45) is 0 Å². The molecule has 7 nitrogen and oxygen atoms in total. The van der Waals surface area contributed by atoms with Gasteiger partial charge in [0, 0.05) is 12.8 Å². The summed E-state index contributed by atoms with van der Waals surface area (Å²) in [6.45, 7) is 0.151. The normalized spacial score (nSPS) is 10.2. The minimum atomic E-state index is -1.10. The lowest BCUT2D eigenvalue weighted by Crippen LogP contribution is -2.19. The molecule has 0 bridgehead atoms. The van der Waals surface area contributed by atoms with Gasteiger partial charge in [0.25, 0.3) is 0 Å². The standard InChI is InChI=1S/C13H16ClNO6/c1-19-4-5-20-7-12(16)15-9-2-3-11(10(14)6-9)21-8-13(17)18/h2-3,6H,4-5,7-8H2,1H3,(H,15,16)(H,17,18). The van der Waals surface area contributed by atoms with Gasteiger partial charge in [0.15, 0.2) is 6.61 Å². The Labute approximate surface area is 126 Å². The Kier molecular flexibility index (Phi) is 7.52. The molecule has 21 heavy (non-hydrogen) atoms. The van der Waals surface area contributed by atoms with E-state index in [0.29, 0.717) is 18.9 Å². The summed E-state index contributed by atoms with van der Waals surface area (Å²) < 4.78 is 14.8. The molecule has 0 aliphatic heterocycles. The van der Waals surface area contributed by atoms with Crippen LogP contribution in [0.1, 0.15) is 0 Å². The minimum absolute atomic E-state index is 0.0990. The molecule has 1 amide bonds. The number of carbonyl (C=O) groups is 2. The number of rotatable bonds is 9. The average molecular weight is 318 g/mol. The molecule has 0 unspecified atom stereocenters. The lowest BCUT2D eigenvalue weighted by atomic mass is 10.3. The number of carboxylic acid groups (broad SMARTS) is 1. The third-order valence-corrected chi connectivity index (χ3v) is 2.53. The predicted octanol–water partition coefficient (Wildman–Crippen LogP) is 1.40. The van der Waals surface area contributed by atoms with Gasteiger partial charge in [0.2, 0.25) is 5.91 Å². The molecule has 0 fully saturated rings. The maximum atomic E-state index is 11.6. The summed E-state index contributed by atoms with van der Waals surface area (Å²) >= 11 is 5.92. The number of hydrogen-bond acceptors (Lipinski definition) is 5. The van der Waals surface area contributed by atoms with Gasteiger partial charge >= 0.3 is 5.97 Å². The number of amides is 1. The smallest absolute Gasteiger partial charge is 0.341 e. The summed E-state index contributed by atoms with van der Waals surface area (Å²) in [6.07, 6.45) is 0. The highest BCUT2D eigenvalue weighted by atomic mass is 35.5. The highest BCUT2D eigenvalue weighted by Crippen LogP contribution is 2.27. The van der Waals surface area contributed by atoms with Crippen LogP contribution in [-0.2, 0) is 19.1 Å². The van der Waals surface area contributed by atoms with E-state index in [9.17, 15) is 9.59 Å². The largest absolute Gasteiger partial charge is 0.480 e. The van der Waals surface area contributed by atoms with Gasteiger partial charge in [-0.2, -0.15) is 0 Å². The van der Waals surface area contributed by atoms with E-state index in [0.717, 1.165) is 0 Å². The maximum Gasteiger partial charge on any atom is 0.341 e. The van der Waals surface area contributed by atoms with Crippen LogP contribution in [0.4, 0.5) is 5.69 Å². The zero-order valence-electron chi connectivity index (χ0n) is 11.4. The monoisotopic (exact) mass is 317 g/mol. The van der Waals surface area contributed by atoms with Crippen molar-refractivity contribution in [2.45, 2.75) is 0 Å². The van der Waals surface area contributed by atoms with E-state index in [4.69, 9.17) is 30.9 Å². The first-order valence-electron chi connectivity index (χ1n) is 6.03. The lowest BCUT2D eigenvalue weighted by Gasteiger charge is -2.09. The molecule has 1 aromatic carbocycles. The summed E-state index contributed by atoms with van der Waals surface area (Å²) in [6, 6.07) is 4.49. The number of aliphatic carboxylic acids is 1. The van der Waals surface area contributed by atoms with Crippen molar-refractivity contribution in [1.29, 1.82) is 0 Å². The first-order valence-corrected chi connectivity index (χ1v) is 6.41. The van der Waals surface area contributed by atoms with Gasteiger partial charge in [-0.1, -0.05) is 11.6 Å². The number of hydrogen-bond donors (Lipinski definition) is 2. The third kappa shape index (κ3) is 6.94. The van der Waals surface area contributed by atoms with Gasteiger partial charge in [-0.05, 0) is 18.2 Å². The van der Waals surface area contributed by atoms with Crippen LogP contribution in [0.25, 0.3) is 0 Å². The minimum Gasteiger partial charge on any atom is -0.480 e. The fraction of sp³-hybridized carbons (Fsp3) is 0.385. The number of ether oxygens (including phenoxy) is 3. The Morgan fingerprint density at radius 1 is 1.29 bits per heavy atom. The lowest BCUT2D eigenvalue weighted by molar-refractivity contribution is -0.139. The van der Waals surface area contributed by atoms with Gasteiger partial charge in [-0.25, -0.2) is 4.79 Å². The predicted molar refractivity (Wildman–Crippen MR) is 75.9 cm³/mol. The van der Waals surface area contributed by atoms with Crippen molar-refractivity contribution in [3.05, 3.63) is 23.2 Å². The molecule has 1 aromatic rings. The van der Waals surface area contributed by atoms with Crippen molar-refractivity contribution in [3.63, 3.8) is 0 Å². The van der Waals surface area contributed by atoms with Crippen molar-refractivity contribution in [1.82, 2.24) is 0 Å². The average Bonchev–Trinajstić information content (AvgIpc) is 2.42. The quantitative estimate of drug-likeness (QED) is 0.669. The second-order valence-electron chi connectivity index (χ2n) is 3.92. The van der Waals surface area contributed by atoms with Crippen LogP contribution in [0, 0.1) is 0 Å². The SMILES string of the molecule is COCCOCC(=O)Nc1ccc(OCC(=O)O)c(Cl)c1. The summed E-state index contributed by atoms with van der Waals surface area (Å²) in [5.41, 5.74) is 0.461. The summed E-state index contributed by atoms with van der Waals surface area (Å²) in [7, 11) is 1.54. The molecule has 0 heterocycles. The van der Waals surface area contributed by atoms with Crippen molar-refractivity contribution in [2.75, 3.05) is 38.9 Å². The highest BCUT2D eigenvalue weighted by Gasteiger charge is 2.08. The maximum absolute atomic E-state index is 11.6. The van der Waals surface area contributed by atoms with Gasteiger partial charge < -0.3 is 24.6 Å². The van der Waals surface area contributed by atoms with Crippen LogP contribution >= 0.6 is 11.6 Å². The molecule has 0 saturated carbocycles. The van der Waals surface area contributed by atoms with E-state index < -0.39 is 12.6 Å². The van der Waals surface area contributed by atoms with Crippen molar-refractivity contribution < 1.29 is 28.9 Å². The summed E-state index contributed by atoms with van der Waals surface area (Å²) in [4.78, 5) is 22.0. The molecule has 116 valence electrons. The number of benzene rings is 1. The number of nitrogens with one attached hydrogen (secondary N) is 1. The molecule has 8 heteroatoms. The molecular formula is C13H16ClNO6. The molecule has 1 rings (SSSR count). The van der Waals surface area contributed by atoms with Crippen LogP contribution in [0.5, 0.6) is 5.75 Å². The Morgan fingerprint density at radius 3 is 2.67 bits per heavy atom. The number of methoxy groups -OCH3 is 1. The Bertz CT molecular complexity index is 494. The van der Waals surface area contributed by atoms with E-state index >= 15 is 0 Å². The van der Waals surface area contributed by atoms with E-state index in [1.54, 1.807) is 13.2 Å². The van der Waals surface area contributed by atoms with E-state index in [1.165, 1.54) is 12.1 Å². The molecule has 0 aliphatic carbocycles. The van der Waals surface area contributed by atoms with Crippen LogP contribution < -0.4 is 10.1 Å². The van der Waals surface area contributed by atoms with Gasteiger partial charge in [-0.15, -0.1) is 0 Å². The van der Waals surface area contributed by atoms with Crippen LogP contribution in [0.3, 0.4) is 0 Å². The number of carbonyl (C=O) groups excluding carboxylic acids is 1. The molecule has 0 atom stereocenters. The number of halogens is 1. The van der Waals surface area contributed by atoms with Crippen LogP contribution in [-0.4, -0.2) is 50.5 Å². The summed E-state index contributed by atoms with van der Waals surface area (Å²) in [5.74, 6) is -1.20. The van der Waals surface area contributed by atoms with Crippen molar-refractivity contribution in [3.8, 4) is 5.75 Å². The van der Waals surface area contributed by atoms with Crippen LogP contribution in [0.15, 0.2) is 18.2 Å². The first-order chi connectivity index (χ1) is 10.0. The molecule has 0 radical (unpaired) electrons. The fourth-order valence-electron chi connectivity index (χ4n) is 1.34. The topological polar surface area (TPSA) is 94.1 Å². The highest BCUT2D eigenvalue weighted by molar-refractivity contribution is 6.32. The van der Waals surface area contributed by atoms with E-state index in [-0.39, 0.29) is 23.3 Å². The molecule has 0 saturated heterocycles. The van der Waals surface area contributed by atoms with Gasteiger partial charge in [0.05, 0.1) is 18.2 Å². The number of carboxylic acids is 1. The van der Waals surface area contributed by atoms with E-state index in [1.807, 2.05) is 0 Å². The Morgan fingerprint density at radius 2 is 2.05 bits per heavy atom. The first kappa shape index (κ1) is 17.2. The summed E-state index contributed by atoms with van der Waals surface area (Å²) in [5, 5.41) is 11.3. The Balaban J connectivity index is 2.47. The van der Waals surface area contributed by atoms with Gasteiger partial charge in [0.1, 0.15) is 12.4 Å². The van der Waals surface area contributed by atoms with Crippen LogP contribution in [0.2, 0.25) is 5.02 Å². The molecule has 0 aliphatic rings. The number of anilines is 1. The second kappa shape index (κ2) is 9.17. The molecular weight excluding hydrogens is 302 g/mol. The van der Waals surface area contributed by atoms with Crippen molar-refractivity contribution >= 4 is 29.2 Å². The third-order valence-electron chi connectivity index (χ3n) is 2.23. The zero-order valence-corrected chi connectivity index (χ0v) is 12.2. The Hall–Kier alpha value is -1.83. The second-order valence-corrected chi connectivity index (χ2v) is 4.33. The zero-order chi connectivity index (χ0) is 15.7. The molecule has 0 spiro atoms.